The molecule has 2 aliphatic heterocycles. The van der Waals surface area contributed by atoms with Gasteiger partial charge in [0.05, 0.1) is 22.6 Å². The summed E-state index contributed by atoms with van der Waals surface area (Å²) in [5.41, 5.74) is 0.590. The summed E-state index contributed by atoms with van der Waals surface area (Å²) in [7, 11) is 0. The van der Waals surface area contributed by atoms with Gasteiger partial charge in [0, 0.05) is 22.2 Å². The molecule has 0 radical (unpaired) electrons. The molecule has 4 aromatic rings. The van der Waals surface area contributed by atoms with Gasteiger partial charge in [-0.25, -0.2) is 4.39 Å². The highest BCUT2D eigenvalue weighted by atomic mass is 35.5. The maximum atomic E-state index is 15.6. The topological polar surface area (TPSA) is 99.8 Å². The van der Waals surface area contributed by atoms with E-state index in [1.165, 1.54) is 6.20 Å². The Labute approximate surface area is 186 Å². The largest absolute Gasteiger partial charge is 0.463 e. The second kappa shape index (κ2) is 7.25. The molecule has 0 spiro atoms. The van der Waals surface area contributed by atoms with Crippen LogP contribution >= 0.6 is 11.6 Å². The number of nitrogens with one attached hydrogen (secondary N) is 2. The van der Waals surface area contributed by atoms with E-state index in [1.807, 2.05) is 0 Å². The number of pyridine rings is 1. The molecule has 1 aromatic carbocycles. The number of hydrogen-bond donors (Lipinski definition) is 2. The van der Waals surface area contributed by atoms with Crippen molar-refractivity contribution in [3.63, 3.8) is 0 Å². The highest BCUT2D eigenvalue weighted by Crippen LogP contribution is 2.39. The molecule has 10 heteroatoms. The van der Waals surface area contributed by atoms with E-state index in [4.69, 9.17) is 16.3 Å². The van der Waals surface area contributed by atoms with Crippen LogP contribution in [0.15, 0.2) is 29.3 Å². The van der Waals surface area contributed by atoms with Gasteiger partial charge in [-0.1, -0.05) is 11.6 Å². The zero-order valence-corrected chi connectivity index (χ0v) is 17.9. The number of H-pyrrole nitrogens is 2. The van der Waals surface area contributed by atoms with E-state index in [1.54, 1.807) is 18.3 Å². The van der Waals surface area contributed by atoms with Gasteiger partial charge in [-0.15, -0.1) is 0 Å². The highest BCUT2D eigenvalue weighted by molar-refractivity contribution is 6.31. The second-order valence-corrected chi connectivity index (χ2v) is 8.98. The number of fused-ring (bicyclic) bond motifs is 3. The molecule has 0 amide bonds. The molecule has 8 nitrogen and oxygen atoms in total. The van der Waals surface area contributed by atoms with Crippen LogP contribution in [0.3, 0.4) is 0 Å². The second-order valence-electron chi connectivity index (χ2n) is 8.55. The molecule has 0 saturated carbocycles. The minimum atomic E-state index is -0.704. The SMILES string of the molecule is O=c1[nH]c(OCC23CCCN2CCC3)nc2c(F)c(-c3cc(Cl)cc4[nH]ncc34)ncc12. The zero-order valence-electron chi connectivity index (χ0n) is 17.1. The third-order valence-electron chi connectivity index (χ3n) is 6.74. The predicted molar refractivity (Wildman–Crippen MR) is 118 cm³/mol. The Morgan fingerprint density at radius 1 is 1.19 bits per heavy atom. The van der Waals surface area contributed by atoms with Gasteiger partial charge in [0.15, 0.2) is 5.82 Å². The van der Waals surface area contributed by atoms with Crippen molar-refractivity contribution in [3.8, 4) is 17.3 Å². The number of rotatable bonds is 4. The highest BCUT2D eigenvalue weighted by Gasteiger charge is 2.45. The van der Waals surface area contributed by atoms with Crippen molar-refractivity contribution >= 4 is 33.4 Å². The van der Waals surface area contributed by atoms with Crippen molar-refractivity contribution < 1.29 is 9.13 Å². The number of benzene rings is 1. The molecule has 0 unspecified atom stereocenters. The number of aromatic nitrogens is 5. The van der Waals surface area contributed by atoms with Crippen LogP contribution < -0.4 is 10.3 Å². The van der Waals surface area contributed by atoms with Crippen LogP contribution in [0, 0.1) is 5.82 Å². The summed E-state index contributed by atoms with van der Waals surface area (Å²) in [5.74, 6) is -0.704. The van der Waals surface area contributed by atoms with Gasteiger partial charge >= 0.3 is 0 Å². The van der Waals surface area contributed by atoms with E-state index in [0.29, 0.717) is 28.1 Å². The summed E-state index contributed by atoms with van der Waals surface area (Å²) < 4.78 is 21.5. The Morgan fingerprint density at radius 3 is 2.81 bits per heavy atom. The van der Waals surface area contributed by atoms with Crippen LogP contribution in [0.5, 0.6) is 6.01 Å². The lowest BCUT2D eigenvalue weighted by Gasteiger charge is -2.31. The lowest BCUT2D eigenvalue weighted by Crippen LogP contribution is -2.43. The number of nitrogens with zero attached hydrogens (tertiary/aromatic N) is 4. The third-order valence-corrected chi connectivity index (χ3v) is 6.96. The molecule has 2 saturated heterocycles. The van der Waals surface area contributed by atoms with Crippen LogP contribution in [-0.2, 0) is 0 Å². The minimum absolute atomic E-state index is 0.0108. The molecular formula is C22H20ClFN6O2. The van der Waals surface area contributed by atoms with Crippen molar-refractivity contribution in [1.29, 1.82) is 0 Å². The molecule has 6 rings (SSSR count). The van der Waals surface area contributed by atoms with Crippen LogP contribution in [0.25, 0.3) is 33.1 Å². The summed E-state index contributed by atoms with van der Waals surface area (Å²) in [6.07, 6.45) is 7.30. The van der Waals surface area contributed by atoms with E-state index in [9.17, 15) is 4.79 Å². The molecule has 3 aromatic heterocycles. The van der Waals surface area contributed by atoms with Crippen LogP contribution in [0.4, 0.5) is 4.39 Å². The molecule has 164 valence electrons. The molecule has 0 atom stereocenters. The van der Waals surface area contributed by atoms with Crippen molar-refractivity contribution in [2.75, 3.05) is 19.7 Å². The fourth-order valence-corrected chi connectivity index (χ4v) is 5.40. The van der Waals surface area contributed by atoms with E-state index in [0.717, 1.165) is 38.8 Å². The Balaban J connectivity index is 1.42. The Hall–Kier alpha value is -3.04. The normalized spacial score (nSPS) is 17.9. The molecule has 2 aliphatic rings. The molecule has 0 bridgehead atoms. The summed E-state index contributed by atoms with van der Waals surface area (Å²) >= 11 is 6.21. The number of aromatic amines is 2. The standard InChI is InChI=1S/C22H20ClFN6O2/c23-12-7-13(14-10-26-29-16(14)8-12)18-17(24)19-15(9-25-18)20(31)28-21(27-19)32-11-22-3-1-5-30(22)6-2-4-22/h7-10H,1-6,11H2,(H,26,29)(H,27,28,31). The summed E-state index contributed by atoms with van der Waals surface area (Å²) in [4.78, 5) is 26.2. The maximum absolute atomic E-state index is 15.6. The molecule has 5 heterocycles. The zero-order chi connectivity index (χ0) is 21.9. The first-order chi connectivity index (χ1) is 15.5. The molecule has 2 N–H and O–H groups in total. The van der Waals surface area contributed by atoms with Crippen LogP contribution in [-0.4, -0.2) is 55.3 Å². The summed E-state index contributed by atoms with van der Waals surface area (Å²) in [5, 5.41) is 7.98. The Morgan fingerprint density at radius 2 is 2.00 bits per heavy atom. The van der Waals surface area contributed by atoms with Gasteiger partial charge in [0.1, 0.15) is 17.8 Å². The fraction of sp³-hybridized carbons (Fsp3) is 0.364. The third kappa shape index (κ3) is 2.99. The average Bonchev–Trinajstić information content (AvgIpc) is 3.48. The van der Waals surface area contributed by atoms with Gasteiger partial charge in [-0.2, -0.15) is 10.1 Å². The first kappa shape index (κ1) is 19.6. The molecule has 2 fully saturated rings. The van der Waals surface area contributed by atoms with E-state index >= 15 is 4.39 Å². The first-order valence-electron chi connectivity index (χ1n) is 10.6. The van der Waals surface area contributed by atoms with Gasteiger partial charge in [-0.3, -0.25) is 24.8 Å². The predicted octanol–water partition coefficient (Wildman–Crippen LogP) is 3.66. The lowest BCUT2D eigenvalue weighted by molar-refractivity contribution is 0.107. The van der Waals surface area contributed by atoms with Crippen LogP contribution in [0.1, 0.15) is 25.7 Å². The number of halogens is 2. The Bertz CT molecular complexity index is 1410. The Kier molecular flexibility index (Phi) is 4.44. The first-order valence-corrected chi connectivity index (χ1v) is 11.0. The van der Waals surface area contributed by atoms with E-state index in [2.05, 4.69) is 30.0 Å². The molecule has 0 aliphatic carbocycles. The minimum Gasteiger partial charge on any atom is -0.463 e. The fourth-order valence-electron chi connectivity index (χ4n) is 5.18. The van der Waals surface area contributed by atoms with Gasteiger partial charge in [-0.05, 0) is 50.9 Å². The summed E-state index contributed by atoms with van der Waals surface area (Å²) in [6, 6.07) is 3.34. The van der Waals surface area contributed by atoms with Crippen molar-refractivity contribution in [2.45, 2.75) is 31.2 Å². The smallest absolute Gasteiger partial charge is 0.297 e. The number of ether oxygens (including phenoxy) is 1. The van der Waals surface area contributed by atoms with E-state index < -0.39 is 11.4 Å². The van der Waals surface area contributed by atoms with Gasteiger partial charge < -0.3 is 4.74 Å². The maximum Gasteiger partial charge on any atom is 0.297 e. The molecule has 32 heavy (non-hydrogen) atoms. The van der Waals surface area contributed by atoms with Crippen LogP contribution in [0.2, 0.25) is 5.02 Å². The summed E-state index contributed by atoms with van der Waals surface area (Å²) in [6.45, 7) is 2.55. The molecular weight excluding hydrogens is 435 g/mol. The van der Waals surface area contributed by atoms with E-state index in [-0.39, 0.29) is 28.1 Å². The van der Waals surface area contributed by atoms with Crippen molar-refractivity contribution in [2.24, 2.45) is 0 Å². The van der Waals surface area contributed by atoms with Crippen molar-refractivity contribution in [3.05, 3.63) is 45.7 Å². The number of hydrogen-bond acceptors (Lipinski definition) is 6. The monoisotopic (exact) mass is 454 g/mol. The average molecular weight is 455 g/mol. The van der Waals surface area contributed by atoms with Gasteiger partial charge in [0.2, 0.25) is 0 Å². The lowest BCUT2D eigenvalue weighted by atomic mass is 9.95. The van der Waals surface area contributed by atoms with Crippen molar-refractivity contribution in [1.82, 2.24) is 30.0 Å². The van der Waals surface area contributed by atoms with Gasteiger partial charge in [0.25, 0.3) is 11.6 Å². The quantitative estimate of drug-likeness (QED) is 0.488.